The molecule has 8 nitrogen and oxygen atoms in total. The van der Waals surface area contributed by atoms with Crippen LogP contribution in [0.1, 0.15) is 42.1 Å². The Morgan fingerprint density at radius 2 is 2.00 bits per heavy atom. The molecule has 2 rings (SSSR count). The number of nitrogens with one attached hydrogen (secondary N) is 2. The van der Waals surface area contributed by atoms with Crippen molar-refractivity contribution in [2.24, 2.45) is 13.0 Å². The van der Waals surface area contributed by atoms with Gasteiger partial charge >= 0.3 is 0 Å². The molecule has 0 fully saturated rings. The van der Waals surface area contributed by atoms with Gasteiger partial charge in [0.05, 0.1) is 28.6 Å². The van der Waals surface area contributed by atoms with Gasteiger partial charge in [-0.1, -0.05) is 13.8 Å². The summed E-state index contributed by atoms with van der Waals surface area (Å²) in [5.41, 5.74) is 2.62. The lowest BCUT2D eigenvalue weighted by Crippen LogP contribution is -2.30. The number of carbonyl (C=O) groups excluding carboxylic acids is 2. The zero-order chi connectivity index (χ0) is 19.4. The second-order valence-electron chi connectivity index (χ2n) is 6.64. The number of hydrogen-bond acceptors (Lipinski definition) is 4. The lowest BCUT2D eigenvalue weighted by Gasteiger charge is -2.10. The Kier molecular flexibility index (Phi) is 6.57. The first-order valence-electron chi connectivity index (χ1n) is 8.50. The number of carbonyl (C=O) groups is 2. The molecule has 26 heavy (non-hydrogen) atoms. The Morgan fingerprint density at radius 1 is 1.31 bits per heavy atom. The molecule has 142 valence electrons. The van der Waals surface area contributed by atoms with Crippen molar-refractivity contribution >= 4 is 33.4 Å². The minimum Gasteiger partial charge on any atom is -0.350 e. The molecule has 0 aromatic carbocycles. The van der Waals surface area contributed by atoms with Crippen molar-refractivity contribution in [1.82, 2.24) is 24.9 Å². The van der Waals surface area contributed by atoms with Gasteiger partial charge in [-0.15, -0.1) is 0 Å². The van der Waals surface area contributed by atoms with Gasteiger partial charge in [-0.3, -0.25) is 19.0 Å². The number of anilines is 1. The standard InChI is InChI=1S/C17H25BrN6O2/c1-10(2)8-19-17(26)16-13(9-20-23(16)5)21-14(25)6-7-24-12(4)15(18)11(3)22-24/h9-10H,6-8H2,1-5H3,(H,19,26)(H,21,25). The Hall–Kier alpha value is -2.16. The van der Waals surface area contributed by atoms with Gasteiger partial charge < -0.3 is 10.6 Å². The molecule has 0 unspecified atom stereocenters. The van der Waals surface area contributed by atoms with Gasteiger partial charge in [0.25, 0.3) is 5.91 Å². The van der Waals surface area contributed by atoms with Crippen LogP contribution >= 0.6 is 15.9 Å². The third-order valence-corrected chi connectivity index (χ3v) is 5.09. The van der Waals surface area contributed by atoms with E-state index < -0.39 is 0 Å². The summed E-state index contributed by atoms with van der Waals surface area (Å²) in [4.78, 5) is 24.7. The summed E-state index contributed by atoms with van der Waals surface area (Å²) in [6.45, 7) is 8.90. The Labute approximate surface area is 161 Å². The van der Waals surface area contributed by atoms with Crippen molar-refractivity contribution in [3.63, 3.8) is 0 Å². The molecule has 0 spiro atoms. The third-order valence-electron chi connectivity index (χ3n) is 3.94. The van der Waals surface area contributed by atoms with E-state index >= 15 is 0 Å². The second-order valence-corrected chi connectivity index (χ2v) is 7.43. The minimum atomic E-state index is -0.253. The second kappa shape index (κ2) is 8.48. The van der Waals surface area contributed by atoms with Gasteiger partial charge in [-0.05, 0) is 35.7 Å². The van der Waals surface area contributed by atoms with Crippen LogP contribution in [0, 0.1) is 19.8 Å². The summed E-state index contributed by atoms with van der Waals surface area (Å²) >= 11 is 3.47. The van der Waals surface area contributed by atoms with E-state index in [1.165, 1.54) is 10.9 Å². The normalized spacial score (nSPS) is 11.0. The van der Waals surface area contributed by atoms with Crippen molar-refractivity contribution < 1.29 is 9.59 Å². The zero-order valence-corrected chi connectivity index (χ0v) is 17.3. The molecule has 9 heteroatoms. The van der Waals surface area contributed by atoms with Gasteiger partial charge in [-0.2, -0.15) is 10.2 Å². The topological polar surface area (TPSA) is 93.8 Å². The average molecular weight is 425 g/mol. The summed E-state index contributed by atoms with van der Waals surface area (Å²) in [5.74, 6) is -0.110. The van der Waals surface area contributed by atoms with E-state index in [1.807, 2.05) is 27.7 Å². The first kappa shape index (κ1) is 20.2. The first-order valence-corrected chi connectivity index (χ1v) is 9.29. The summed E-state index contributed by atoms with van der Waals surface area (Å²) < 4.78 is 4.20. The highest BCUT2D eigenvalue weighted by Gasteiger charge is 2.19. The molecule has 0 aliphatic carbocycles. The third kappa shape index (κ3) is 4.72. The molecule has 0 atom stereocenters. The van der Waals surface area contributed by atoms with Gasteiger partial charge in [0, 0.05) is 25.7 Å². The predicted molar refractivity (Wildman–Crippen MR) is 103 cm³/mol. The van der Waals surface area contributed by atoms with Crippen LogP contribution in [0.5, 0.6) is 0 Å². The summed E-state index contributed by atoms with van der Waals surface area (Å²) in [7, 11) is 1.67. The lowest BCUT2D eigenvalue weighted by molar-refractivity contribution is -0.116. The first-order chi connectivity index (χ1) is 12.2. The Balaban J connectivity index is 2.01. The lowest BCUT2D eigenvalue weighted by atomic mass is 10.2. The van der Waals surface area contributed by atoms with Gasteiger partial charge in [0.2, 0.25) is 5.91 Å². The molecule has 2 N–H and O–H groups in total. The minimum absolute atomic E-state index is 0.195. The molecule has 0 saturated heterocycles. The van der Waals surface area contributed by atoms with Gasteiger partial charge in [0.15, 0.2) is 0 Å². The number of nitrogens with zero attached hydrogens (tertiary/aromatic N) is 4. The van der Waals surface area contributed by atoms with Crippen LogP contribution in [0.3, 0.4) is 0 Å². The van der Waals surface area contributed by atoms with E-state index in [0.29, 0.717) is 30.4 Å². The van der Waals surface area contributed by atoms with E-state index in [9.17, 15) is 9.59 Å². The van der Waals surface area contributed by atoms with Crippen molar-refractivity contribution in [1.29, 1.82) is 0 Å². The number of aryl methyl sites for hydroxylation is 3. The fourth-order valence-electron chi connectivity index (χ4n) is 2.49. The predicted octanol–water partition coefficient (Wildman–Crippen LogP) is 2.41. The molecular weight excluding hydrogens is 400 g/mol. The molecule has 0 saturated carbocycles. The van der Waals surface area contributed by atoms with Crippen LogP contribution in [-0.2, 0) is 18.4 Å². The van der Waals surface area contributed by atoms with Crippen LogP contribution < -0.4 is 10.6 Å². The van der Waals surface area contributed by atoms with Crippen LogP contribution in [0.25, 0.3) is 0 Å². The molecule has 0 aliphatic rings. The SMILES string of the molecule is Cc1nn(CCC(=O)Nc2cnn(C)c2C(=O)NCC(C)C)c(C)c1Br. The van der Waals surface area contributed by atoms with E-state index in [-0.39, 0.29) is 18.2 Å². The van der Waals surface area contributed by atoms with Gasteiger partial charge in [0.1, 0.15) is 5.69 Å². The zero-order valence-electron chi connectivity index (χ0n) is 15.8. The molecule has 2 aromatic heterocycles. The molecule has 2 heterocycles. The summed E-state index contributed by atoms with van der Waals surface area (Å²) in [6, 6.07) is 0. The number of hydrogen-bond donors (Lipinski definition) is 2. The van der Waals surface area contributed by atoms with Crippen LogP contribution in [0.2, 0.25) is 0 Å². The summed E-state index contributed by atoms with van der Waals surface area (Å²) in [6.07, 6.45) is 1.73. The Morgan fingerprint density at radius 3 is 2.58 bits per heavy atom. The van der Waals surface area contributed by atoms with Crippen LogP contribution in [0.15, 0.2) is 10.7 Å². The number of aromatic nitrogens is 4. The smallest absolute Gasteiger partial charge is 0.271 e. The van der Waals surface area contributed by atoms with Crippen molar-refractivity contribution in [2.75, 3.05) is 11.9 Å². The van der Waals surface area contributed by atoms with Crippen molar-refractivity contribution in [3.8, 4) is 0 Å². The summed E-state index contributed by atoms with van der Waals surface area (Å²) in [5, 5.41) is 14.1. The molecule has 0 aliphatic heterocycles. The fourth-order valence-corrected chi connectivity index (χ4v) is 2.78. The van der Waals surface area contributed by atoms with E-state index in [2.05, 4.69) is 36.8 Å². The molecule has 0 radical (unpaired) electrons. The van der Waals surface area contributed by atoms with Crippen LogP contribution in [0.4, 0.5) is 5.69 Å². The highest BCUT2D eigenvalue weighted by Crippen LogP contribution is 2.20. The molecule has 2 amide bonds. The van der Waals surface area contributed by atoms with Gasteiger partial charge in [-0.25, -0.2) is 0 Å². The maximum absolute atomic E-state index is 12.4. The Bertz CT molecular complexity index is 809. The highest BCUT2D eigenvalue weighted by molar-refractivity contribution is 9.10. The average Bonchev–Trinajstić information content (AvgIpc) is 3.05. The monoisotopic (exact) mass is 424 g/mol. The van der Waals surface area contributed by atoms with Crippen LogP contribution in [-0.4, -0.2) is 37.9 Å². The van der Waals surface area contributed by atoms with E-state index in [4.69, 9.17) is 0 Å². The quantitative estimate of drug-likeness (QED) is 0.713. The number of halogens is 1. The van der Waals surface area contributed by atoms with E-state index in [1.54, 1.807) is 11.7 Å². The highest BCUT2D eigenvalue weighted by atomic mass is 79.9. The fraction of sp³-hybridized carbons (Fsp3) is 0.529. The maximum atomic E-state index is 12.4. The number of rotatable bonds is 7. The molecule has 2 aromatic rings. The molecule has 0 bridgehead atoms. The molecular formula is C17H25BrN6O2. The number of amides is 2. The van der Waals surface area contributed by atoms with E-state index in [0.717, 1.165) is 15.9 Å². The van der Waals surface area contributed by atoms with Crippen molar-refractivity contribution in [2.45, 2.75) is 40.7 Å². The van der Waals surface area contributed by atoms with Crippen molar-refractivity contribution in [3.05, 3.63) is 27.8 Å². The largest absolute Gasteiger partial charge is 0.350 e. The maximum Gasteiger partial charge on any atom is 0.271 e.